The third kappa shape index (κ3) is 21.8. The van der Waals surface area contributed by atoms with Crippen LogP contribution in [-0.4, -0.2) is 46.9 Å². The second kappa shape index (κ2) is 36.0. The van der Waals surface area contributed by atoms with Gasteiger partial charge in [-0.1, -0.05) is 206 Å². The molecule has 2 amide bonds. The molecule has 0 spiro atoms. The predicted octanol–water partition coefficient (Wildman–Crippen LogP) is 16.4. The molecule has 2 aliphatic heterocycles. The number of aromatic nitrogens is 2. The molecule has 0 bridgehead atoms. The molecular formula is C65H100N4O6. The highest BCUT2D eigenvalue weighted by Gasteiger charge is 2.26. The van der Waals surface area contributed by atoms with Crippen molar-refractivity contribution in [2.75, 3.05) is 13.2 Å². The van der Waals surface area contributed by atoms with Crippen LogP contribution in [0.15, 0.2) is 59.0 Å². The number of carbonyl (C=O) groups is 4. The third-order valence-corrected chi connectivity index (χ3v) is 15.6. The van der Waals surface area contributed by atoms with Gasteiger partial charge in [-0.2, -0.15) is 0 Å². The minimum absolute atomic E-state index is 0.155. The highest BCUT2D eigenvalue weighted by molar-refractivity contribution is 6.03. The molecule has 0 atom stereocenters. The van der Waals surface area contributed by atoms with E-state index in [9.17, 15) is 19.2 Å². The lowest BCUT2D eigenvalue weighted by Crippen LogP contribution is -2.15. The Kier molecular flexibility index (Phi) is 30.0. The van der Waals surface area contributed by atoms with Gasteiger partial charge in [0.05, 0.1) is 18.9 Å². The molecule has 75 heavy (non-hydrogen) atoms. The summed E-state index contributed by atoms with van der Waals surface area (Å²) in [4.78, 5) is 59.5. The van der Waals surface area contributed by atoms with Crippen molar-refractivity contribution >= 4 is 35.9 Å². The lowest BCUT2D eigenvalue weighted by Gasteiger charge is -2.09. The summed E-state index contributed by atoms with van der Waals surface area (Å²) in [7, 11) is 0. The maximum atomic E-state index is 13.3. The van der Waals surface area contributed by atoms with Gasteiger partial charge < -0.3 is 30.1 Å². The van der Waals surface area contributed by atoms with Crippen LogP contribution in [0.25, 0.3) is 12.2 Å². The number of aromatic amines is 2. The Morgan fingerprint density at radius 2 is 0.800 bits per heavy atom. The summed E-state index contributed by atoms with van der Waals surface area (Å²) in [6, 6.07) is 0. The lowest BCUT2D eigenvalue weighted by molar-refractivity contribution is -0.144. The second-order valence-corrected chi connectivity index (χ2v) is 21.6. The van der Waals surface area contributed by atoms with Crippen LogP contribution in [-0.2, 0) is 47.9 Å². The van der Waals surface area contributed by atoms with E-state index in [4.69, 9.17) is 9.47 Å². The van der Waals surface area contributed by atoms with E-state index in [1.165, 1.54) is 154 Å². The monoisotopic (exact) mass is 1030 g/mol. The smallest absolute Gasteiger partial charge is 0.306 e. The van der Waals surface area contributed by atoms with Crippen LogP contribution in [0.5, 0.6) is 0 Å². The molecule has 0 unspecified atom stereocenters. The lowest BCUT2D eigenvalue weighted by atomic mass is 9.98. The first-order chi connectivity index (χ1) is 36.4. The summed E-state index contributed by atoms with van der Waals surface area (Å²) >= 11 is 0. The number of carbonyl (C=O) groups excluding carboxylic acids is 4. The Balaban J connectivity index is 1.40. The number of hydrogen-bond donors (Lipinski definition) is 4. The summed E-state index contributed by atoms with van der Waals surface area (Å²) in [5, 5.41) is 5.99. The number of rotatable bonds is 42. The Bertz CT molecular complexity index is 2260. The van der Waals surface area contributed by atoms with E-state index in [0.717, 1.165) is 81.9 Å². The fourth-order valence-corrected chi connectivity index (χ4v) is 10.7. The summed E-state index contributed by atoms with van der Waals surface area (Å²) in [5.74, 6) is -0.774. The van der Waals surface area contributed by atoms with Gasteiger partial charge in [-0.25, -0.2) is 0 Å². The number of amides is 2. The summed E-state index contributed by atoms with van der Waals surface area (Å²) in [6.45, 7) is 21.0. The Morgan fingerprint density at radius 3 is 1.16 bits per heavy atom. The van der Waals surface area contributed by atoms with Crippen molar-refractivity contribution < 1.29 is 28.7 Å². The molecule has 2 aromatic rings. The van der Waals surface area contributed by atoms with Gasteiger partial charge in [0.15, 0.2) is 0 Å². The van der Waals surface area contributed by atoms with Crippen LogP contribution < -0.4 is 10.6 Å². The van der Waals surface area contributed by atoms with Crippen molar-refractivity contribution in [1.29, 1.82) is 0 Å². The average Bonchev–Trinajstić information content (AvgIpc) is 4.05. The largest absolute Gasteiger partial charge is 0.466 e. The van der Waals surface area contributed by atoms with E-state index in [-0.39, 0.29) is 36.6 Å². The van der Waals surface area contributed by atoms with E-state index in [1.807, 2.05) is 32.9 Å². The first-order valence-corrected chi connectivity index (χ1v) is 29.9. The van der Waals surface area contributed by atoms with E-state index in [0.29, 0.717) is 55.0 Å². The quantitative estimate of drug-likeness (QED) is 0.0385. The molecule has 0 saturated carbocycles. The molecule has 0 aromatic carbocycles. The van der Waals surface area contributed by atoms with Crippen LogP contribution in [0.4, 0.5) is 0 Å². The van der Waals surface area contributed by atoms with Gasteiger partial charge >= 0.3 is 11.9 Å². The maximum absolute atomic E-state index is 13.3. The summed E-state index contributed by atoms with van der Waals surface area (Å²) in [6.07, 6.45) is 44.7. The number of allylic oxidation sites excluding steroid dienone is 2. The van der Waals surface area contributed by atoms with Gasteiger partial charge in [0.1, 0.15) is 0 Å². The maximum Gasteiger partial charge on any atom is 0.306 e. The molecule has 0 saturated heterocycles. The number of nitrogens with one attached hydrogen (secondary N) is 4. The van der Waals surface area contributed by atoms with Gasteiger partial charge in [0, 0.05) is 64.5 Å². The second-order valence-electron chi connectivity index (χ2n) is 21.6. The van der Waals surface area contributed by atoms with Crippen molar-refractivity contribution in [2.45, 2.75) is 253 Å². The standard InChI is InChI=1S/C65H100N4O6/c1-9-13-15-17-19-21-23-25-27-29-31-33-35-37-43-74-62(70)41-39-54-49(6)56(45-58-48(5)53(12-4)65(73)68-58)66-60(54)47-61-55(50(7)57(67-61)46-59-52(11-3)51(8)64(72)69-59)40-42-63(71)75-44-38-36-34-32-30-28-26-24-22-20-18-16-14-10-2/h11-12,45-46,66-67H,3-4,9-10,13-44,47H2,1-2,5-8H3,(H,68,73)(H,69,72)/b58-45-,59-46-. The molecule has 4 heterocycles. The normalized spacial score (nSPS) is 14.7. The average molecular weight is 1030 g/mol. The molecule has 416 valence electrons. The molecule has 4 rings (SSSR count). The van der Waals surface area contributed by atoms with E-state index >= 15 is 0 Å². The molecular weight excluding hydrogens is 933 g/mol. The van der Waals surface area contributed by atoms with Crippen molar-refractivity contribution in [2.24, 2.45) is 0 Å². The van der Waals surface area contributed by atoms with Crippen LogP contribution >= 0.6 is 0 Å². The molecule has 10 nitrogen and oxygen atoms in total. The van der Waals surface area contributed by atoms with Gasteiger partial charge in [-0.3, -0.25) is 19.2 Å². The van der Waals surface area contributed by atoms with Crippen LogP contribution in [0.1, 0.15) is 265 Å². The zero-order chi connectivity index (χ0) is 54.2. The van der Waals surface area contributed by atoms with Gasteiger partial charge in [-0.15, -0.1) is 0 Å². The van der Waals surface area contributed by atoms with Crippen molar-refractivity contribution in [3.63, 3.8) is 0 Å². The van der Waals surface area contributed by atoms with E-state index in [1.54, 1.807) is 19.1 Å². The topological polar surface area (TPSA) is 142 Å². The third-order valence-electron chi connectivity index (χ3n) is 15.6. The van der Waals surface area contributed by atoms with Crippen molar-refractivity contribution in [3.8, 4) is 0 Å². The zero-order valence-electron chi connectivity index (χ0n) is 47.9. The minimum Gasteiger partial charge on any atom is -0.466 e. The van der Waals surface area contributed by atoms with Crippen LogP contribution in [0.2, 0.25) is 0 Å². The number of esters is 2. The van der Waals surface area contributed by atoms with Crippen molar-refractivity contribution in [3.05, 3.63) is 104 Å². The highest BCUT2D eigenvalue weighted by Crippen LogP contribution is 2.32. The van der Waals surface area contributed by atoms with Crippen LogP contribution in [0.3, 0.4) is 0 Å². The number of H-pyrrole nitrogens is 2. The number of hydrogen-bond acceptors (Lipinski definition) is 6. The molecule has 2 aromatic heterocycles. The van der Waals surface area contributed by atoms with E-state index in [2.05, 4.69) is 47.6 Å². The molecule has 0 fully saturated rings. The van der Waals surface area contributed by atoms with Gasteiger partial charge in [0.2, 0.25) is 0 Å². The molecule has 0 aliphatic carbocycles. The van der Waals surface area contributed by atoms with Crippen LogP contribution in [0, 0.1) is 13.8 Å². The first-order valence-electron chi connectivity index (χ1n) is 29.9. The predicted molar refractivity (Wildman–Crippen MR) is 311 cm³/mol. The molecule has 4 N–H and O–H groups in total. The Morgan fingerprint density at radius 1 is 0.453 bits per heavy atom. The Labute approximate surface area is 454 Å². The summed E-state index contributed by atoms with van der Waals surface area (Å²) < 4.78 is 11.6. The number of ether oxygens (including phenoxy) is 2. The minimum atomic E-state index is -0.217. The molecule has 10 heteroatoms. The first kappa shape index (κ1) is 62.4. The summed E-state index contributed by atoms with van der Waals surface area (Å²) in [5.41, 5.74) is 11.6. The SMILES string of the molecule is C=CC1=C(C)/C(=C/c2[nH]c(Cc3[nH]c(/C=C4\NC(=O)C(C)=C4C=C)c(C)c3CCC(=O)OCCCCCCCCCCCCCCCC)c(CCC(=O)OCCCCCCCCCCCCCCCC)c2C)NC1=O. The van der Waals surface area contributed by atoms with Gasteiger partial charge in [0.25, 0.3) is 11.8 Å². The highest BCUT2D eigenvalue weighted by atomic mass is 16.5. The van der Waals surface area contributed by atoms with E-state index < -0.39 is 0 Å². The molecule has 0 radical (unpaired) electrons. The fraction of sp³-hybridized carbons (Fsp3) is 0.631. The zero-order valence-corrected chi connectivity index (χ0v) is 47.9. The van der Waals surface area contributed by atoms with Crippen molar-refractivity contribution in [1.82, 2.24) is 20.6 Å². The molecule has 2 aliphatic rings. The van der Waals surface area contributed by atoms with Gasteiger partial charge in [-0.05, 0) is 93.4 Å². The fourth-order valence-electron chi connectivity index (χ4n) is 10.7. The number of unbranched alkanes of at least 4 members (excludes halogenated alkanes) is 26. The Hall–Kier alpha value is -5.12.